The third-order valence-corrected chi connectivity index (χ3v) is 6.87. The molecule has 1 fully saturated rings. The quantitative estimate of drug-likeness (QED) is 0.431. The van der Waals surface area contributed by atoms with Crippen molar-refractivity contribution in [3.63, 3.8) is 0 Å². The molecule has 0 unspecified atom stereocenters. The lowest BCUT2D eigenvalue weighted by Gasteiger charge is -2.27. The normalized spacial score (nSPS) is 16.5. The molecule has 8 heteroatoms. The molecule has 0 aliphatic carbocycles. The number of likely N-dealkylation sites (tertiary alicyclic amines) is 1. The van der Waals surface area contributed by atoms with E-state index < -0.39 is 11.8 Å². The summed E-state index contributed by atoms with van der Waals surface area (Å²) in [5.74, 6) is -1.74. The van der Waals surface area contributed by atoms with Crippen molar-refractivity contribution in [3.8, 4) is 11.3 Å². The molecule has 180 valence electrons. The SMILES string of the molecule is CCc1cc(C(=O)N2CCCCC[C@H]2C)nc2cc(-c3ccc4ccc(C(=O)O)cc4c3F)nn12. The van der Waals surface area contributed by atoms with Crippen LogP contribution in [0.3, 0.4) is 0 Å². The number of benzene rings is 2. The third kappa shape index (κ3) is 4.13. The number of carboxylic acids is 1. The Labute approximate surface area is 202 Å². The van der Waals surface area contributed by atoms with Gasteiger partial charge in [-0.2, -0.15) is 5.10 Å². The van der Waals surface area contributed by atoms with E-state index in [1.165, 1.54) is 12.1 Å². The van der Waals surface area contributed by atoms with Gasteiger partial charge in [-0.3, -0.25) is 4.79 Å². The fourth-order valence-corrected chi connectivity index (χ4v) is 4.87. The number of carbonyl (C=O) groups is 2. The number of carboxylic acid groups (broad SMARTS) is 1. The lowest BCUT2D eigenvalue weighted by Crippen LogP contribution is -2.38. The first-order valence-electron chi connectivity index (χ1n) is 12.0. The molecular formula is C27H27FN4O3. The standard InChI is InChI=1S/C27H27FN4O3/c1-3-19-14-23(26(33)31-12-6-4-5-7-16(31)2)29-24-15-22(30-32(19)24)20-11-10-17-8-9-18(27(34)35)13-21(17)25(20)28/h8-11,13-16H,3-7,12H2,1-2H3,(H,34,35)/t16-/m1/s1. The molecule has 1 saturated heterocycles. The highest BCUT2D eigenvalue weighted by molar-refractivity contribution is 5.96. The van der Waals surface area contributed by atoms with Gasteiger partial charge in [0.05, 0.1) is 11.3 Å². The molecular weight excluding hydrogens is 447 g/mol. The maximum absolute atomic E-state index is 15.5. The maximum atomic E-state index is 15.5. The van der Waals surface area contributed by atoms with Gasteiger partial charge in [-0.05, 0) is 55.8 Å². The molecule has 35 heavy (non-hydrogen) atoms. The smallest absolute Gasteiger partial charge is 0.335 e. The molecule has 2 aromatic heterocycles. The Bertz CT molecular complexity index is 1460. The molecule has 1 aliphatic rings. The first-order valence-corrected chi connectivity index (χ1v) is 12.0. The lowest BCUT2D eigenvalue weighted by atomic mass is 10.0. The van der Waals surface area contributed by atoms with Crippen molar-refractivity contribution < 1.29 is 19.1 Å². The molecule has 1 amide bonds. The van der Waals surface area contributed by atoms with Gasteiger partial charge in [0.2, 0.25) is 0 Å². The number of nitrogens with zero attached hydrogens (tertiary/aromatic N) is 4. The minimum Gasteiger partial charge on any atom is -0.478 e. The number of fused-ring (bicyclic) bond motifs is 2. The molecule has 2 aromatic carbocycles. The lowest BCUT2D eigenvalue weighted by molar-refractivity contribution is 0.0685. The van der Waals surface area contributed by atoms with Gasteiger partial charge in [0, 0.05) is 35.3 Å². The Morgan fingerprint density at radius 1 is 1.11 bits per heavy atom. The van der Waals surface area contributed by atoms with Gasteiger partial charge in [-0.1, -0.05) is 31.9 Å². The second kappa shape index (κ2) is 9.09. The summed E-state index contributed by atoms with van der Waals surface area (Å²) in [6.45, 7) is 4.78. The molecule has 1 N–H and O–H groups in total. The van der Waals surface area contributed by atoms with Crippen molar-refractivity contribution in [1.29, 1.82) is 0 Å². The average Bonchev–Trinajstić information content (AvgIpc) is 3.17. The predicted molar refractivity (Wildman–Crippen MR) is 131 cm³/mol. The van der Waals surface area contributed by atoms with Crippen LogP contribution in [-0.2, 0) is 6.42 Å². The molecule has 0 bridgehead atoms. The van der Waals surface area contributed by atoms with E-state index in [1.54, 1.807) is 34.8 Å². The van der Waals surface area contributed by atoms with Crippen LogP contribution in [0.5, 0.6) is 0 Å². The molecule has 5 rings (SSSR count). The molecule has 0 saturated carbocycles. The second-order valence-corrected chi connectivity index (χ2v) is 9.15. The van der Waals surface area contributed by atoms with Crippen LogP contribution in [0.1, 0.15) is 66.1 Å². The van der Waals surface area contributed by atoms with Gasteiger partial charge in [0.1, 0.15) is 11.5 Å². The largest absolute Gasteiger partial charge is 0.478 e. The Hall–Kier alpha value is -3.81. The highest BCUT2D eigenvalue weighted by atomic mass is 19.1. The van der Waals surface area contributed by atoms with Crippen molar-refractivity contribution in [2.24, 2.45) is 0 Å². The summed E-state index contributed by atoms with van der Waals surface area (Å²) in [6.07, 6.45) is 4.84. The summed E-state index contributed by atoms with van der Waals surface area (Å²) >= 11 is 0. The summed E-state index contributed by atoms with van der Waals surface area (Å²) < 4.78 is 17.2. The van der Waals surface area contributed by atoms with E-state index in [2.05, 4.69) is 17.0 Å². The minimum atomic E-state index is -1.11. The minimum absolute atomic E-state index is 0.0179. The highest BCUT2D eigenvalue weighted by Gasteiger charge is 2.25. The van der Waals surface area contributed by atoms with E-state index in [0.717, 1.165) is 37.9 Å². The van der Waals surface area contributed by atoms with E-state index in [4.69, 9.17) is 0 Å². The number of hydrogen-bond donors (Lipinski definition) is 1. The van der Waals surface area contributed by atoms with Crippen LogP contribution in [0.2, 0.25) is 0 Å². The number of aromatic carboxylic acids is 1. The molecule has 4 aromatic rings. The summed E-state index contributed by atoms with van der Waals surface area (Å²) in [6, 6.07) is 11.4. The maximum Gasteiger partial charge on any atom is 0.335 e. The van der Waals surface area contributed by atoms with Crippen LogP contribution in [0, 0.1) is 5.82 Å². The van der Waals surface area contributed by atoms with Gasteiger partial charge in [-0.15, -0.1) is 0 Å². The summed E-state index contributed by atoms with van der Waals surface area (Å²) in [7, 11) is 0. The van der Waals surface area contributed by atoms with Crippen LogP contribution in [-0.4, -0.2) is 49.1 Å². The van der Waals surface area contributed by atoms with E-state index in [1.807, 2.05) is 11.8 Å². The van der Waals surface area contributed by atoms with Gasteiger partial charge < -0.3 is 10.0 Å². The first kappa shape index (κ1) is 23.0. The van der Waals surface area contributed by atoms with E-state index in [-0.39, 0.29) is 28.5 Å². The monoisotopic (exact) mass is 474 g/mol. The molecule has 0 radical (unpaired) electrons. The van der Waals surface area contributed by atoms with Crippen molar-refractivity contribution in [1.82, 2.24) is 19.5 Å². The molecule has 3 heterocycles. The van der Waals surface area contributed by atoms with Gasteiger partial charge in [0.15, 0.2) is 5.65 Å². The Kier molecular flexibility index (Phi) is 5.96. The van der Waals surface area contributed by atoms with Crippen LogP contribution >= 0.6 is 0 Å². The van der Waals surface area contributed by atoms with Crippen LogP contribution in [0.25, 0.3) is 27.7 Å². The summed E-state index contributed by atoms with van der Waals surface area (Å²) in [4.78, 5) is 31.2. The molecule has 1 atom stereocenters. The van der Waals surface area contributed by atoms with Gasteiger partial charge in [-0.25, -0.2) is 18.7 Å². The fraction of sp³-hybridized carbons (Fsp3) is 0.333. The number of rotatable bonds is 4. The molecule has 1 aliphatic heterocycles. The Morgan fingerprint density at radius 2 is 1.91 bits per heavy atom. The number of aryl methyl sites for hydroxylation is 1. The van der Waals surface area contributed by atoms with Crippen molar-refractivity contribution in [2.75, 3.05) is 6.54 Å². The van der Waals surface area contributed by atoms with E-state index in [0.29, 0.717) is 28.8 Å². The number of halogens is 1. The first-order chi connectivity index (χ1) is 16.9. The Balaban J connectivity index is 1.59. The Morgan fingerprint density at radius 3 is 2.69 bits per heavy atom. The van der Waals surface area contributed by atoms with Crippen LogP contribution in [0.15, 0.2) is 42.5 Å². The van der Waals surface area contributed by atoms with E-state index >= 15 is 4.39 Å². The topological polar surface area (TPSA) is 87.8 Å². The predicted octanol–water partition coefficient (Wildman–Crippen LogP) is 5.35. The fourth-order valence-electron chi connectivity index (χ4n) is 4.87. The van der Waals surface area contributed by atoms with Crippen LogP contribution in [0.4, 0.5) is 4.39 Å². The zero-order valence-corrected chi connectivity index (χ0v) is 19.8. The summed E-state index contributed by atoms with van der Waals surface area (Å²) in [5, 5.41) is 14.7. The van der Waals surface area contributed by atoms with Gasteiger partial charge in [0.25, 0.3) is 5.91 Å². The molecule has 0 spiro atoms. The highest BCUT2D eigenvalue weighted by Crippen LogP contribution is 2.30. The average molecular weight is 475 g/mol. The van der Waals surface area contributed by atoms with Crippen LogP contribution < -0.4 is 0 Å². The zero-order valence-electron chi connectivity index (χ0n) is 19.8. The number of amides is 1. The van der Waals surface area contributed by atoms with Gasteiger partial charge >= 0.3 is 5.97 Å². The van der Waals surface area contributed by atoms with Crippen molar-refractivity contribution in [3.05, 3.63) is 65.2 Å². The van der Waals surface area contributed by atoms with Crippen molar-refractivity contribution >= 4 is 28.3 Å². The summed E-state index contributed by atoms with van der Waals surface area (Å²) in [5.41, 5.74) is 2.30. The second-order valence-electron chi connectivity index (χ2n) is 9.15. The zero-order chi connectivity index (χ0) is 24.7. The number of aromatic nitrogens is 3. The third-order valence-electron chi connectivity index (χ3n) is 6.87. The number of carbonyl (C=O) groups excluding carboxylic acids is 1. The molecule has 7 nitrogen and oxygen atoms in total. The van der Waals surface area contributed by atoms with Crippen molar-refractivity contribution in [2.45, 2.75) is 52.0 Å². The van der Waals surface area contributed by atoms with E-state index in [9.17, 15) is 14.7 Å². The number of hydrogen-bond acceptors (Lipinski definition) is 4.